The van der Waals surface area contributed by atoms with E-state index in [-0.39, 0.29) is 17.7 Å². The second-order valence-electron chi connectivity index (χ2n) is 7.88. The molecular weight excluding hydrogens is 403 g/mol. The number of benzene rings is 1. The van der Waals surface area contributed by atoms with E-state index >= 15 is 0 Å². The summed E-state index contributed by atoms with van der Waals surface area (Å²) in [6.45, 7) is 5.49. The van der Waals surface area contributed by atoms with Crippen LogP contribution in [0.25, 0.3) is 0 Å². The third kappa shape index (κ3) is 5.47. The number of halogens is 2. The van der Waals surface area contributed by atoms with Crippen molar-refractivity contribution < 1.29 is 42.3 Å². The number of para-hydroxylation sites is 1. The summed E-state index contributed by atoms with van der Waals surface area (Å²) in [6, 6.07) is 4.45. The molecule has 0 unspecified atom stereocenters. The van der Waals surface area contributed by atoms with Crippen LogP contribution in [-0.4, -0.2) is 48.6 Å². The van der Waals surface area contributed by atoms with E-state index in [9.17, 15) is 28.2 Å². The van der Waals surface area contributed by atoms with Gasteiger partial charge < -0.3 is 24.5 Å². The van der Waals surface area contributed by atoms with E-state index in [4.69, 9.17) is 14.1 Å². The van der Waals surface area contributed by atoms with Gasteiger partial charge in [0.1, 0.15) is 11.3 Å². The molecule has 0 spiro atoms. The molecule has 0 fully saturated rings. The number of nitrogens with one attached hydrogen (secondary N) is 1. The number of ether oxygens (including phenoxy) is 2. The molecule has 2 N–H and O–H groups in total. The average Bonchev–Trinajstić information content (AvgIpc) is 2.67. The van der Waals surface area contributed by atoms with Gasteiger partial charge in [0.05, 0.1) is 11.4 Å². The van der Waals surface area contributed by atoms with Gasteiger partial charge in [0.2, 0.25) is 6.79 Å². The van der Waals surface area contributed by atoms with E-state index in [0.717, 1.165) is 0 Å². The molecule has 0 aromatic heterocycles. The molecule has 1 amide bonds. The summed E-state index contributed by atoms with van der Waals surface area (Å²) in [5, 5.41) is 12.2. The molecule has 8 nitrogen and oxygen atoms in total. The van der Waals surface area contributed by atoms with E-state index in [1.165, 1.54) is 19.1 Å². The number of esters is 2. The first kappa shape index (κ1) is 23.6. The minimum absolute atomic E-state index is 0.00454. The molecule has 1 aliphatic heterocycles. The lowest BCUT2D eigenvalue weighted by Crippen LogP contribution is -2.56. The minimum atomic E-state index is -3.57. The fraction of sp³-hybridized carbons (Fsp3) is 0.526. The fourth-order valence-electron chi connectivity index (χ4n) is 2.57. The van der Waals surface area contributed by atoms with Crippen molar-refractivity contribution in [1.82, 2.24) is 5.32 Å². The maximum Gasteiger partial charge on any atom is 0.547 e. The first-order valence-electron chi connectivity index (χ1n) is 9.36. The average molecular weight is 427 g/mol. The van der Waals surface area contributed by atoms with Crippen molar-refractivity contribution in [2.24, 2.45) is 5.41 Å². The van der Waals surface area contributed by atoms with Crippen LogP contribution in [0.4, 0.5) is 8.78 Å². The summed E-state index contributed by atoms with van der Waals surface area (Å²) in [6.07, 6.45) is -0.725. The zero-order valence-corrected chi connectivity index (χ0v) is 17.2. The highest BCUT2D eigenvalue weighted by atomic mass is 19.3. The van der Waals surface area contributed by atoms with Gasteiger partial charge in [-0.2, -0.15) is 8.78 Å². The van der Waals surface area contributed by atoms with Gasteiger partial charge in [-0.25, -0.2) is 4.79 Å². The Bertz CT molecular complexity index is 826. The molecule has 1 aromatic carbocycles. The number of carbonyl (C=O) groups excluding carboxylic acids is 3. The molecule has 30 heavy (non-hydrogen) atoms. The first-order chi connectivity index (χ1) is 13.9. The van der Waals surface area contributed by atoms with Crippen LogP contribution >= 0.6 is 0 Å². The maximum atomic E-state index is 13.5. The van der Waals surface area contributed by atoms with Crippen LogP contribution < -0.4 is 9.97 Å². The van der Waals surface area contributed by atoms with Crippen LogP contribution in [0.3, 0.4) is 0 Å². The molecule has 164 valence electrons. The van der Waals surface area contributed by atoms with Crippen molar-refractivity contribution in [3.05, 3.63) is 29.3 Å². The zero-order valence-electron chi connectivity index (χ0n) is 17.2. The Morgan fingerprint density at radius 3 is 2.53 bits per heavy atom. The quantitative estimate of drug-likeness (QED) is 0.405. The Labute approximate surface area is 173 Å². The van der Waals surface area contributed by atoms with Gasteiger partial charge in [-0.05, 0) is 38.8 Å². The van der Waals surface area contributed by atoms with E-state index < -0.39 is 55.5 Å². The molecule has 0 radical (unpaired) electrons. The summed E-state index contributed by atoms with van der Waals surface area (Å²) in [7, 11) is -1.65. The van der Waals surface area contributed by atoms with Gasteiger partial charge >= 0.3 is 25.0 Å². The summed E-state index contributed by atoms with van der Waals surface area (Å²) in [4.78, 5) is 35.8. The number of hydrogen-bond donors (Lipinski definition) is 2. The Morgan fingerprint density at radius 1 is 1.27 bits per heavy atom. The van der Waals surface area contributed by atoms with Crippen LogP contribution in [-0.2, 0) is 25.5 Å². The molecule has 1 atom stereocenters. The number of fused-ring (bicyclic) bond motifs is 1. The second-order valence-corrected chi connectivity index (χ2v) is 7.88. The first-order valence-corrected chi connectivity index (χ1v) is 9.36. The van der Waals surface area contributed by atoms with Crippen molar-refractivity contribution in [3.63, 3.8) is 0 Å². The van der Waals surface area contributed by atoms with Crippen LogP contribution in [0, 0.1) is 5.41 Å². The Hall–Kier alpha value is -2.69. The van der Waals surface area contributed by atoms with Gasteiger partial charge in [0.15, 0.2) is 0 Å². The molecule has 1 heterocycles. The number of rotatable bonds is 6. The maximum absolute atomic E-state index is 13.5. The molecule has 1 aromatic rings. The number of carbonyl (C=O) groups is 3. The second kappa shape index (κ2) is 8.99. The molecule has 0 saturated carbocycles. The molecule has 0 aliphatic carbocycles. The lowest BCUT2D eigenvalue weighted by Gasteiger charge is -2.30. The Balaban J connectivity index is 2.08. The largest absolute Gasteiger partial charge is 0.547 e. The van der Waals surface area contributed by atoms with Crippen molar-refractivity contribution >= 4 is 25.0 Å². The predicted octanol–water partition coefficient (Wildman–Crippen LogP) is 1.87. The van der Waals surface area contributed by atoms with Crippen molar-refractivity contribution in [3.8, 4) is 5.75 Å². The third-order valence-electron chi connectivity index (χ3n) is 4.42. The molecule has 1 aliphatic rings. The van der Waals surface area contributed by atoms with E-state index in [1.54, 1.807) is 26.8 Å². The predicted molar refractivity (Wildman–Crippen MR) is 102 cm³/mol. The van der Waals surface area contributed by atoms with E-state index in [0.29, 0.717) is 5.56 Å². The smallest absolute Gasteiger partial charge is 0.534 e. The molecule has 2 rings (SSSR count). The molecule has 11 heteroatoms. The van der Waals surface area contributed by atoms with Crippen molar-refractivity contribution in [1.29, 1.82) is 0 Å². The molecule has 0 bridgehead atoms. The molecular formula is C19H24BF2NO7. The zero-order chi connectivity index (χ0) is 22.7. The monoisotopic (exact) mass is 427 g/mol. The van der Waals surface area contributed by atoms with Crippen molar-refractivity contribution in [2.75, 3.05) is 6.79 Å². The summed E-state index contributed by atoms with van der Waals surface area (Å²) in [5.74, 6) is -7.63. The summed E-state index contributed by atoms with van der Waals surface area (Å²) >= 11 is 0. The number of alkyl halides is 2. The lowest BCUT2D eigenvalue weighted by molar-refractivity contribution is -0.161. The van der Waals surface area contributed by atoms with Gasteiger partial charge in [0.25, 0.3) is 5.91 Å². The normalized spacial score (nSPS) is 16.2. The van der Waals surface area contributed by atoms with Crippen LogP contribution in [0.15, 0.2) is 18.2 Å². The Kier molecular flexibility index (Phi) is 7.07. The van der Waals surface area contributed by atoms with Crippen LogP contribution in [0.1, 0.15) is 50.0 Å². The SMILES string of the molecule is CCC(F)(F)C(=O)N[C@H]1Cc2cccc(C(=O)OCOC(=O)C(C)(C)C)c2OB1O. The summed E-state index contributed by atoms with van der Waals surface area (Å²) in [5.41, 5.74) is -0.395. The standard InChI is InChI=1S/C19H24BF2NO7/c1-5-19(21,22)16(25)23-13-9-11-7-6-8-12(14(11)30-20(13)27)15(24)28-10-29-17(26)18(2,3)4/h6-8,13,27H,5,9-10H2,1-4H3,(H,23,25)/t13-/m0/s1. The van der Waals surface area contributed by atoms with Gasteiger partial charge in [-0.15, -0.1) is 0 Å². The highest BCUT2D eigenvalue weighted by Crippen LogP contribution is 2.31. The summed E-state index contributed by atoms with van der Waals surface area (Å²) < 4.78 is 42.1. The van der Waals surface area contributed by atoms with Crippen LogP contribution in [0.5, 0.6) is 5.75 Å². The number of amides is 1. The van der Waals surface area contributed by atoms with Crippen LogP contribution in [0.2, 0.25) is 0 Å². The third-order valence-corrected chi connectivity index (χ3v) is 4.42. The Morgan fingerprint density at radius 2 is 1.93 bits per heavy atom. The fourth-order valence-corrected chi connectivity index (χ4v) is 2.57. The topological polar surface area (TPSA) is 111 Å². The molecule has 0 saturated heterocycles. The van der Waals surface area contributed by atoms with Gasteiger partial charge in [0, 0.05) is 6.42 Å². The highest BCUT2D eigenvalue weighted by molar-refractivity contribution is 6.47. The van der Waals surface area contributed by atoms with E-state index in [2.05, 4.69) is 5.32 Å². The highest BCUT2D eigenvalue weighted by Gasteiger charge is 2.43. The number of hydrogen-bond acceptors (Lipinski definition) is 7. The van der Waals surface area contributed by atoms with Crippen molar-refractivity contribution in [2.45, 2.75) is 52.4 Å². The minimum Gasteiger partial charge on any atom is -0.534 e. The lowest BCUT2D eigenvalue weighted by atomic mass is 9.72. The van der Waals surface area contributed by atoms with Gasteiger partial charge in [-0.3, -0.25) is 9.59 Å². The van der Waals surface area contributed by atoms with E-state index in [1.807, 2.05) is 0 Å². The van der Waals surface area contributed by atoms with Gasteiger partial charge in [-0.1, -0.05) is 19.1 Å².